The van der Waals surface area contributed by atoms with E-state index in [1.165, 1.54) is 0 Å². The number of rotatable bonds is 0. The lowest BCUT2D eigenvalue weighted by Gasteiger charge is -2.12. The van der Waals surface area contributed by atoms with Crippen LogP contribution in [-0.2, 0) is 0 Å². The second-order valence-electron chi connectivity index (χ2n) is 4.88. The molecule has 2 aliphatic rings. The van der Waals surface area contributed by atoms with E-state index in [0.29, 0.717) is 0 Å². The van der Waals surface area contributed by atoms with Crippen molar-refractivity contribution >= 4 is 0 Å². The van der Waals surface area contributed by atoms with Gasteiger partial charge in [-0.25, -0.2) is 17.6 Å². The molecule has 3 rings (SSSR count). The van der Waals surface area contributed by atoms with Crippen molar-refractivity contribution in [1.82, 2.24) is 0 Å². The van der Waals surface area contributed by atoms with E-state index in [1.807, 2.05) is 13.8 Å². The molecule has 0 saturated heterocycles. The number of halogens is 4. The van der Waals surface area contributed by atoms with Gasteiger partial charge < -0.3 is 0 Å². The van der Waals surface area contributed by atoms with E-state index in [9.17, 15) is 17.6 Å². The van der Waals surface area contributed by atoms with Crippen LogP contribution in [0.1, 0.15) is 36.8 Å². The van der Waals surface area contributed by atoms with Crippen LogP contribution in [0.4, 0.5) is 17.6 Å². The van der Waals surface area contributed by atoms with Gasteiger partial charge in [-0.2, -0.15) is 0 Å². The Kier molecular flexibility index (Phi) is 2.22. The Hall–Kier alpha value is -1.58. The molecule has 0 fully saturated rings. The third-order valence-electron chi connectivity index (χ3n) is 3.71. The van der Waals surface area contributed by atoms with Gasteiger partial charge in [0.25, 0.3) is 0 Å². The van der Waals surface area contributed by atoms with Gasteiger partial charge in [-0.05, 0) is 19.4 Å². The van der Waals surface area contributed by atoms with E-state index < -0.39 is 35.1 Å². The Morgan fingerprint density at radius 1 is 0.778 bits per heavy atom. The third-order valence-corrected chi connectivity index (χ3v) is 3.71. The molecule has 0 unspecified atom stereocenters. The van der Waals surface area contributed by atoms with Crippen molar-refractivity contribution in [2.45, 2.75) is 25.7 Å². The Morgan fingerprint density at radius 2 is 1.17 bits per heavy atom. The van der Waals surface area contributed by atoms with Crippen LogP contribution < -0.4 is 0 Å². The fraction of sp³-hybridized carbons (Fsp3) is 0.286. The molecule has 1 aromatic rings. The molecule has 0 N–H and O–H groups in total. The highest BCUT2D eigenvalue weighted by Crippen LogP contribution is 2.55. The van der Waals surface area contributed by atoms with E-state index in [4.69, 9.17) is 0 Å². The molecule has 0 radical (unpaired) electrons. The van der Waals surface area contributed by atoms with Crippen molar-refractivity contribution < 1.29 is 17.6 Å². The zero-order chi connectivity index (χ0) is 13.2. The average molecular weight is 254 g/mol. The molecule has 0 aliphatic heterocycles. The van der Waals surface area contributed by atoms with Crippen LogP contribution in [0.15, 0.2) is 23.3 Å². The van der Waals surface area contributed by atoms with Gasteiger partial charge in [-0.1, -0.05) is 17.7 Å². The topological polar surface area (TPSA) is 0 Å². The number of allylic oxidation sites excluding steroid dienone is 4. The molecule has 0 aromatic heterocycles. The highest BCUT2D eigenvalue weighted by Gasteiger charge is 2.44. The molecule has 0 heterocycles. The smallest absolute Gasteiger partial charge is 0.197 e. The van der Waals surface area contributed by atoms with Gasteiger partial charge in [0, 0.05) is 23.0 Å². The summed E-state index contributed by atoms with van der Waals surface area (Å²) in [6.07, 6.45) is 3.43. The normalized spacial score (nSPS) is 23.8. The summed E-state index contributed by atoms with van der Waals surface area (Å²) in [5.74, 6) is -6.89. The maximum Gasteiger partial charge on any atom is 0.197 e. The zero-order valence-corrected chi connectivity index (χ0v) is 9.82. The van der Waals surface area contributed by atoms with E-state index in [2.05, 4.69) is 0 Å². The molecule has 0 saturated carbocycles. The number of hydrogen-bond acceptors (Lipinski definition) is 0. The fourth-order valence-corrected chi connectivity index (χ4v) is 3.02. The fourth-order valence-electron chi connectivity index (χ4n) is 3.02. The molecule has 2 bridgehead atoms. The zero-order valence-electron chi connectivity index (χ0n) is 9.82. The molecule has 4 heteroatoms. The van der Waals surface area contributed by atoms with Crippen molar-refractivity contribution in [3.63, 3.8) is 0 Å². The highest BCUT2D eigenvalue weighted by atomic mass is 19.2. The highest BCUT2D eigenvalue weighted by molar-refractivity contribution is 5.61. The van der Waals surface area contributed by atoms with Crippen LogP contribution in [-0.4, -0.2) is 0 Å². The summed E-state index contributed by atoms with van der Waals surface area (Å²) in [5.41, 5.74) is 1.66. The molecule has 2 aliphatic carbocycles. The van der Waals surface area contributed by atoms with Crippen LogP contribution in [0.3, 0.4) is 0 Å². The van der Waals surface area contributed by atoms with Gasteiger partial charge in [0.15, 0.2) is 23.3 Å². The average Bonchev–Trinajstić information content (AvgIpc) is 2.88. The monoisotopic (exact) mass is 254 g/mol. The predicted octanol–water partition coefficient (Wildman–Crippen LogP) is 4.33. The van der Waals surface area contributed by atoms with Crippen LogP contribution in [0.5, 0.6) is 0 Å². The van der Waals surface area contributed by atoms with Crippen LogP contribution in [0.25, 0.3) is 0 Å². The first-order valence-corrected chi connectivity index (χ1v) is 5.66. The molecule has 94 valence electrons. The van der Waals surface area contributed by atoms with Crippen LogP contribution >= 0.6 is 0 Å². The Bertz CT molecular complexity index is 574. The summed E-state index contributed by atoms with van der Waals surface area (Å²) in [6, 6.07) is 0. The lowest BCUT2D eigenvalue weighted by atomic mass is 9.95. The third kappa shape index (κ3) is 1.15. The maximum absolute atomic E-state index is 13.8. The van der Waals surface area contributed by atoms with Crippen molar-refractivity contribution in [1.29, 1.82) is 0 Å². The summed E-state index contributed by atoms with van der Waals surface area (Å²) in [5, 5.41) is 0. The van der Waals surface area contributed by atoms with Gasteiger partial charge in [0.2, 0.25) is 0 Å². The van der Waals surface area contributed by atoms with Gasteiger partial charge in [0.1, 0.15) is 0 Å². The van der Waals surface area contributed by atoms with Crippen LogP contribution in [0, 0.1) is 23.3 Å². The molecule has 0 amide bonds. The minimum atomic E-state index is -1.72. The molecular weight excluding hydrogens is 244 g/mol. The molecule has 2 atom stereocenters. The van der Waals surface area contributed by atoms with Gasteiger partial charge in [-0.3, -0.25) is 0 Å². The minimum absolute atomic E-state index is 0.0462. The van der Waals surface area contributed by atoms with Crippen molar-refractivity contribution in [2.75, 3.05) is 0 Å². The van der Waals surface area contributed by atoms with Crippen molar-refractivity contribution in [3.8, 4) is 0 Å². The number of fused-ring (bicyclic) bond motifs is 5. The van der Waals surface area contributed by atoms with E-state index in [0.717, 1.165) is 11.1 Å². The quantitative estimate of drug-likeness (QED) is 0.280. The number of benzene rings is 1. The summed E-state index contributed by atoms with van der Waals surface area (Å²) in [7, 11) is 0. The number of hydrogen-bond donors (Lipinski definition) is 0. The second-order valence-corrected chi connectivity index (χ2v) is 4.88. The lowest BCUT2D eigenvalue weighted by molar-refractivity contribution is 0.400. The molecule has 1 aromatic carbocycles. The molecule has 0 nitrogen and oxygen atoms in total. The maximum atomic E-state index is 13.8. The second kappa shape index (κ2) is 3.46. The van der Waals surface area contributed by atoms with Gasteiger partial charge in [0.05, 0.1) is 0 Å². The summed E-state index contributed by atoms with van der Waals surface area (Å²) in [6.45, 7) is 3.66. The van der Waals surface area contributed by atoms with Crippen molar-refractivity contribution in [3.05, 3.63) is 57.7 Å². The summed E-state index contributed by atoms with van der Waals surface area (Å²) < 4.78 is 54.1. The van der Waals surface area contributed by atoms with Gasteiger partial charge in [-0.15, -0.1) is 0 Å². The minimum Gasteiger partial charge on any atom is -0.203 e. The summed E-state index contributed by atoms with van der Waals surface area (Å²) >= 11 is 0. The van der Waals surface area contributed by atoms with E-state index >= 15 is 0 Å². The van der Waals surface area contributed by atoms with E-state index in [-0.39, 0.29) is 11.1 Å². The first kappa shape index (κ1) is 11.5. The largest absolute Gasteiger partial charge is 0.203 e. The standard InChI is InChI=1S/C14H10F4/c1-5(2)8-6-3-4-7(8)10-9(6)11(15)13(17)14(18)12(10)16/h3-4,6-7H,1-2H3/t6-,7-/m1/s1. The Labute approximate surface area is 102 Å². The molecule has 0 spiro atoms. The SMILES string of the molecule is CC(C)=C1[C@H]2C=C[C@H]1c1c(F)c(F)c(F)c(F)c12. The first-order chi connectivity index (χ1) is 8.45. The molecular formula is C14H10F4. The summed E-state index contributed by atoms with van der Waals surface area (Å²) in [4.78, 5) is 0. The molecule has 18 heavy (non-hydrogen) atoms. The van der Waals surface area contributed by atoms with Gasteiger partial charge >= 0.3 is 0 Å². The predicted molar refractivity (Wildman–Crippen MR) is 59.3 cm³/mol. The van der Waals surface area contributed by atoms with E-state index in [1.54, 1.807) is 12.2 Å². The lowest BCUT2D eigenvalue weighted by Crippen LogP contribution is -2.07. The Morgan fingerprint density at radius 3 is 1.50 bits per heavy atom. The first-order valence-electron chi connectivity index (χ1n) is 5.66. The Balaban J connectivity index is 2.38. The van der Waals surface area contributed by atoms with Crippen LogP contribution in [0.2, 0.25) is 0 Å². The van der Waals surface area contributed by atoms with Crippen molar-refractivity contribution in [2.24, 2.45) is 0 Å².